The van der Waals surface area contributed by atoms with Gasteiger partial charge >= 0.3 is 0 Å². The van der Waals surface area contributed by atoms with Gasteiger partial charge in [-0.25, -0.2) is 4.98 Å². The number of benzene rings is 1. The van der Waals surface area contributed by atoms with Crippen molar-refractivity contribution in [1.29, 1.82) is 0 Å². The number of nitrogens with zero attached hydrogens (tertiary/aromatic N) is 3. The molecule has 0 bridgehead atoms. The maximum atomic E-state index is 13.3. The molecule has 0 N–H and O–H groups in total. The summed E-state index contributed by atoms with van der Waals surface area (Å²) in [5.74, 6) is 1.10. The highest BCUT2D eigenvalue weighted by Gasteiger charge is 2.32. The highest BCUT2D eigenvalue weighted by molar-refractivity contribution is 7.17. The Morgan fingerprint density at radius 1 is 1.06 bits per heavy atom. The predicted molar refractivity (Wildman–Crippen MR) is 130 cm³/mol. The van der Waals surface area contributed by atoms with Crippen LogP contribution in [0.4, 0.5) is 0 Å². The number of aryl methyl sites for hydroxylation is 4. The molecule has 4 nitrogen and oxygen atoms in total. The third-order valence-electron chi connectivity index (χ3n) is 7.03. The maximum absolute atomic E-state index is 13.3. The standard InChI is InChI=1S/C26H37N3OS/c1-6-11-29(16-21-7-8-21)22-9-12-28(13-10-22)26(30)24-20(5)27-25(31-24)23-15-18(3)17(2)14-19(23)4/h14-15,21-22H,6-13,16H2,1-5H3. The molecule has 0 atom stereocenters. The molecular formula is C26H37N3OS. The second-order valence-electron chi connectivity index (χ2n) is 9.65. The number of hydrogen-bond acceptors (Lipinski definition) is 4. The summed E-state index contributed by atoms with van der Waals surface area (Å²) in [4.78, 5) is 23.7. The average molecular weight is 440 g/mol. The molecule has 31 heavy (non-hydrogen) atoms. The van der Waals surface area contributed by atoms with Crippen LogP contribution in [0, 0.1) is 33.6 Å². The summed E-state index contributed by atoms with van der Waals surface area (Å²) in [6, 6.07) is 5.07. The van der Waals surface area contributed by atoms with Gasteiger partial charge < -0.3 is 4.90 Å². The summed E-state index contributed by atoms with van der Waals surface area (Å²) >= 11 is 1.56. The third-order valence-corrected chi connectivity index (χ3v) is 8.21. The monoisotopic (exact) mass is 439 g/mol. The number of rotatable bonds is 7. The van der Waals surface area contributed by atoms with E-state index in [2.05, 4.69) is 49.6 Å². The number of carbonyl (C=O) groups excluding carboxylic acids is 1. The van der Waals surface area contributed by atoms with E-state index in [1.165, 1.54) is 49.0 Å². The van der Waals surface area contributed by atoms with E-state index >= 15 is 0 Å². The molecule has 2 heterocycles. The lowest BCUT2D eigenvalue weighted by atomic mass is 10.0. The van der Waals surface area contributed by atoms with Gasteiger partial charge in [-0.3, -0.25) is 9.69 Å². The fourth-order valence-corrected chi connectivity index (χ4v) is 5.94. The molecule has 168 valence electrons. The highest BCUT2D eigenvalue weighted by atomic mass is 32.1. The molecular weight excluding hydrogens is 402 g/mol. The molecule has 0 unspecified atom stereocenters. The lowest BCUT2D eigenvalue weighted by Gasteiger charge is -2.38. The minimum absolute atomic E-state index is 0.172. The van der Waals surface area contributed by atoms with Crippen molar-refractivity contribution in [2.45, 2.75) is 72.8 Å². The summed E-state index contributed by atoms with van der Waals surface area (Å²) in [5.41, 5.74) is 5.82. The molecule has 4 rings (SSSR count). The molecule has 2 aromatic rings. The topological polar surface area (TPSA) is 36.4 Å². The van der Waals surface area contributed by atoms with Gasteiger partial charge in [0.15, 0.2) is 0 Å². The van der Waals surface area contributed by atoms with Crippen molar-refractivity contribution in [3.63, 3.8) is 0 Å². The molecule has 1 aliphatic heterocycles. The zero-order chi connectivity index (χ0) is 22.1. The number of thiazole rings is 1. The molecule has 0 spiro atoms. The van der Waals surface area contributed by atoms with Crippen LogP contribution in [0.5, 0.6) is 0 Å². The highest BCUT2D eigenvalue weighted by Crippen LogP contribution is 2.34. The molecule has 2 fully saturated rings. The molecule has 1 aromatic heterocycles. The van der Waals surface area contributed by atoms with Crippen LogP contribution in [0.1, 0.15) is 71.1 Å². The van der Waals surface area contributed by atoms with E-state index in [1.54, 1.807) is 11.3 Å². The summed E-state index contributed by atoms with van der Waals surface area (Å²) in [7, 11) is 0. The van der Waals surface area contributed by atoms with Gasteiger partial charge in [0.2, 0.25) is 0 Å². The van der Waals surface area contributed by atoms with Gasteiger partial charge in [0.25, 0.3) is 5.91 Å². The van der Waals surface area contributed by atoms with E-state index in [4.69, 9.17) is 4.98 Å². The third kappa shape index (κ3) is 5.04. The normalized spacial score (nSPS) is 17.5. The van der Waals surface area contributed by atoms with Crippen LogP contribution >= 0.6 is 11.3 Å². The number of likely N-dealkylation sites (tertiary alicyclic amines) is 1. The first-order valence-corrected chi connectivity index (χ1v) is 12.8. The van der Waals surface area contributed by atoms with Crippen molar-refractivity contribution in [3.05, 3.63) is 39.4 Å². The first kappa shape index (κ1) is 22.5. The molecule has 1 saturated heterocycles. The van der Waals surface area contributed by atoms with E-state index < -0.39 is 0 Å². The van der Waals surface area contributed by atoms with Crippen LogP contribution in [-0.2, 0) is 0 Å². The Hall–Kier alpha value is -1.72. The minimum Gasteiger partial charge on any atom is -0.338 e. The minimum atomic E-state index is 0.172. The van der Waals surface area contributed by atoms with Gasteiger partial charge in [-0.05, 0) is 95.0 Å². The predicted octanol–water partition coefficient (Wildman–Crippen LogP) is 5.77. The number of hydrogen-bond donors (Lipinski definition) is 0. The molecule has 5 heteroatoms. The van der Waals surface area contributed by atoms with Crippen molar-refractivity contribution in [3.8, 4) is 10.6 Å². The van der Waals surface area contributed by atoms with Crippen molar-refractivity contribution in [2.24, 2.45) is 5.92 Å². The van der Waals surface area contributed by atoms with Gasteiger partial charge in [0.05, 0.1) is 5.69 Å². The molecule has 2 aliphatic rings. The molecule has 1 saturated carbocycles. The lowest BCUT2D eigenvalue weighted by Crippen LogP contribution is -2.47. The SMILES string of the molecule is CCCN(CC1CC1)C1CCN(C(=O)c2sc(-c3cc(C)c(C)cc3C)nc2C)CC1. The van der Waals surface area contributed by atoms with Gasteiger partial charge in [0.1, 0.15) is 9.88 Å². The molecule has 1 amide bonds. The van der Waals surface area contributed by atoms with Crippen molar-refractivity contribution in [1.82, 2.24) is 14.8 Å². The quantitative estimate of drug-likeness (QED) is 0.549. The van der Waals surface area contributed by atoms with E-state index in [1.807, 2.05) is 6.92 Å². The van der Waals surface area contributed by atoms with Gasteiger partial charge in [-0.15, -0.1) is 11.3 Å². The molecule has 1 aliphatic carbocycles. The second kappa shape index (κ2) is 9.41. The van der Waals surface area contributed by atoms with Gasteiger partial charge in [-0.1, -0.05) is 13.0 Å². The van der Waals surface area contributed by atoms with Crippen LogP contribution in [0.2, 0.25) is 0 Å². The summed E-state index contributed by atoms with van der Waals surface area (Å²) < 4.78 is 0. The van der Waals surface area contributed by atoms with E-state index in [9.17, 15) is 4.79 Å². The van der Waals surface area contributed by atoms with E-state index in [0.29, 0.717) is 6.04 Å². The van der Waals surface area contributed by atoms with Crippen molar-refractivity contribution < 1.29 is 4.79 Å². The zero-order valence-corrected chi connectivity index (χ0v) is 20.6. The Kier molecular flexibility index (Phi) is 6.83. The Morgan fingerprint density at radius 2 is 1.74 bits per heavy atom. The smallest absolute Gasteiger partial charge is 0.265 e. The number of aromatic nitrogens is 1. The fraction of sp³-hybridized carbons (Fsp3) is 0.615. The van der Waals surface area contributed by atoms with Gasteiger partial charge in [0, 0.05) is 31.2 Å². The van der Waals surface area contributed by atoms with Crippen molar-refractivity contribution >= 4 is 17.2 Å². The second-order valence-corrected chi connectivity index (χ2v) is 10.6. The van der Waals surface area contributed by atoms with Crippen LogP contribution in [0.25, 0.3) is 10.6 Å². The molecule has 0 radical (unpaired) electrons. The Morgan fingerprint density at radius 3 is 2.39 bits per heavy atom. The van der Waals surface area contributed by atoms with Crippen LogP contribution in [0.15, 0.2) is 12.1 Å². The van der Waals surface area contributed by atoms with Crippen LogP contribution < -0.4 is 0 Å². The number of carbonyl (C=O) groups is 1. The van der Waals surface area contributed by atoms with Crippen LogP contribution in [-0.4, -0.2) is 52.9 Å². The largest absolute Gasteiger partial charge is 0.338 e. The first-order chi connectivity index (χ1) is 14.9. The van der Waals surface area contributed by atoms with Crippen LogP contribution in [0.3, 0.4) is 0 Å². The first-order valence-electron chi connectivity index (χ1n) is 12.0. The Labute approximate surface area is 191 Å². The van der Waals surface area contributed by atoms with Crippen molar-refractivity contribution in [2.75, 3.05) is 26.2 Å². The average Bonchev–Trinajstić information content (AvgIpc) is 3.49. The summed E-state index contributed by atoms with van der Waals surface area (Å²) in [6.07, 6.45) is 6.22. The maximum Gasteiger partial charge on any atom is 0.265 e. The van der Waals surface area contributed by atoms with E-state index in [-0.39, 0.29) is 5.91 Å². The fourth-order valence-electron chi connectivity index (χ4n) is 4.82. The zero-order valence-electron chi connectivity index (χ0n) is 19.8. The van der Waals surface area contributed by atoms with Gasteiger partial charge in [-0.2, -0.15) is 0 Å². The lowest BCUT2D eigenvalue weighted by molar-refractivity contribution is 0.0615. The Balaban J connectivity index is 1.44. The van der Waals surface area contributed by atoms with E-state index in [0.717, 1.165) is 53.0 Å². The summed E-state index contributed by atoms with van der Waals surface area (Å²) in [6.45, 7) is 14.9. The molecule has 1 aromatic carbocycles. The number of piperidine rings is 1. The Bertz CT molecular complexity index is 938. The summed E-state index contributed by atoms with van der Waals surface area (Å²) in [5, 5.41) is 0.967. The number of amides is 1.